The van der Waals surface area contributed by atoms with Gasteiger partial charge in [0.25, 0.3) is 0 Å². The number of sulfonamides is 1. The van der Waals surface area contributed by atoms with Gasteiger partial charge < -0.3 is 4.90 Å². The number of nitrogens with zero attached hydrogens (tertiary/aromatic N) is 3. The molecule has 0 amide bonds. The SMILES string of the molecule is CN(C)c1ccc(CN(C)S(=O)(=O)c2ccc(Cl)cc2C#N)cc1. The quantitative estimate of drug-likeness (QED) is 0.818. The van der Waals surface area contributed by atoms with Crippen LogP contribution in [0.15, 0.2) is 47.4 Å². The molecular weight excluding hydrogens is 346 g/mol. The Morgan fingerprint density at radius 2 is 1.71 bits per heavy atom. The fraction of sp³-hybridized carbons (Fsp3) is 0.235. The van der Waals surface area contributed by atoms with Crippen molar-refractivity contribution in [1.82, 2.24) is 4.31 Å². The Kier molecular flexibility index (Phi) is 5.50. The van der Waals surface area contributed by atoms with Crippen molar-refractivity contribution in [1.29, 1.82) is 5.26 Å². The summed E-state index contributed by atoms with van der Waals surface area (Å²) in [7, 11) is 1.59. The molecule has 5 nitrogen and oxygen atoms in total. The monoisotopic (exact) mass is 363 g/mol. The fourth-order valence-electron chi connectivity index (χ4n) is 2.22. The van der Waals surface area contributed by atoms with E-state index in [0.717, 1.165) is 11.3 Å². The molecule has 0 fully saturated rings. The molecule has 0 N–H and O–H groups in total. The van der Waals surface area contributed by atoms with Gasteiger partial charge in [0.2, 0.25) is 10.0 Å². The van der Waals surface area contributed by atoms with E-state index >= 15 is 0 Å². The summed E-state index contributed by atoms with van der Waals surface area (Å²) in [6.07, 6.45) is 0. The Hall–Kier alpha value is -2.07. The van der Waals surface area contributed by atoms with Gasteiger partial charge in [0.05, 0.1) is 5.56 Å². The van der Waals surface area contributed by atoms with E-state index in [1.54, 1.807) is 0 Å². The minimum Gasteiger partial charge on any atom is -0.378 e. The number of hydrogen-bond acceptors (Lipinski definition) is 4. The van der Waals surface area contributed by atoms with Crippen LogP contribution in [-0.2, 0) is 16.6 Å². The van der Waals surface area contributed by atoms with Crippen molar-refractivity contribution >= 4 is 27.3 Å². The molecule has 24 heavy (non-hydrogen) atoms. The predicted octanol–water partition coefficient (Wildman–Crippen LogP) is 3.10. The molecule has 0 aliphatic heterocycles. The summed E-state index contributed by atoms with van der Waals surface area (Å²) in [6.45, 7) is 0.212. The Morgan fingerprint density at radius 3 is 2.25 bits per heavy atom. The number of hydrogen-bond donors (Lipinski definition) is 0. The van der Waals surface area contributed by atoms with Gasteiger partial charge in [0.1, 0.15) is 11.0 Å². The molecule has 0 aromatic heterocycles. The summed E-state index contributed by atoms with van der Waals surface area (Å²) < 4.78 is 26.7. The maximum Gasteiger partial charge on any atom is 0.244 e. The summed E-state index contributed by atoms with van der Waals surface area (Å²) in [5.41, 5.74) is 1.94. The van der Waals surface area contributed by atoms with E-state index in [4.69, 9.17) is 16.9 Å². The van der Waals surface area contributed by atoms with E-state index in [2.05, 4.69) is 0 Å². The zero-order valence-corrected chi connectivity index (χ0v) is 15.3. The maximum atomic E-state index is 12.7. The van der Waals surface area contributed by atoms with E-state index in [9.17, 15) is 8.42 Å². The Bertz CT molecular complexity index is 872. The van der Waals surface area contributed by atoms with Crippen LogP contribution < -0.4 is 4.90 Å². The molecule has 0 radical (unpaired) electrons. The normalized spacial score (nSPS) is 11.3. The molecule has 0 unspecified atom stereocenters. The lowest BCUT2D eigenvalue weighted by Gasteiger charge is -2.19. The van der Waals surface area contributed by atoms with Crippen molar-refractivity contribution < 1.29 is 8.42 Å². The minimum atomic E-state index is -3.78. The summed E-state index contributed by atoms with van der Waals surface area (Å²) in [4.78, 5) is 1.93. The van der Waals surface area contributed by atoms with Gasteiger partial charge in [-0.2, -0.15) is 9.57 Å². The van der Waals surface area contributed by atoms with Crippen molar-refractivity contribution in [3.63, 3.8) is 0 Å². The van der Waals surface area contributed by atoms with E-state index in [0.29, 0.717) is 5.02 Å². The standard InChI is InChI=1S/C17H18ClN3O2S/c1-20(2)16-7-4-13(5-8-16)12-21(3)24(22,23)17-9-6-15(18)10-14(17)11-19/h4-10H,12H2,1-3H3. The van der Waals surface area contributed by atoms with Crippen LogP contribution in [0.25, 0.3) is 0 Å². The number of benzene rings is 2. The molecule has 0 saturated carbocycles. The highest BCUT2D eigenvalue weighted by Crippen LogP contribution is 2.24. The molecule has 7 heteroatoms. The highest BCUT2D eigenvalue weighted by atomic mass is 35.5. The lowest BCUT2D eigenvalue weighted by atomic mass is 10.2. The lowest BCUT2D eigenvalue weighted by Crippen LogP contribution is -2.27. The molecule has 0 aliphatic carbocycles. The first kappa shape index (κ1) is 18.3. The van der Waals surface area contributed by atoms with Crippen molar-refractivity contribution in [2.45, 2.75) is 11.4 Å². The zero-order valence-electron chi connectivity index (χ0n) is 13.7. The number of halogens is 1. The van der Waals surface area contributed by atoms with Gasteiger partial charge in [-0.05, 0) is 35.9 Å². The lowest BCUT2D eigenvalue weighted by molar-refractivity contribution is 0.466. The first-order valence-corrected chi connectivity index (χ1v) is 9.00. The highest BCUT2D eigenvalue weighted by Gasteiger charge is 2.24. The van der Waals surface area contributed by atoms with Crippen molar-refractivity contribution in [2.75, 3.05) is 26.0 Å². The molecule has 0 aliphatic rings. The van der Waals surface area contributed by atoms with E-state index in [1.165, 1.54) is 29.6 Å². The summed E-state index contributed by atoms with van der Waals surface area (Å²) in [6, 6.07) is 13.7. The Morgan fingerprint density at radius 1 is 1.08 bits per heavy atom. The molecule has 126 valence electrons. The Balaban J connectivity index is 2.28. The third-order valence-electron chi connectivity index (χ3n) is 3.61. The molecule has 2 rings (SSSR count). The predicted molar refractivity (Wildman–Crippen MR) is 95.6 cm³/mol. The van der Waals surface area contributed by atoms with Gasteiger partial charge in [0, 0.05) is 38.4 Å². The summed E-state index contributed by atoms with van der Waals surface area (Å²) >= 11 is 5.83. The Labute approximate surface area is 147 Å². The smallest absolute Gasteiger partial charge is 0.244 e. The fourth-order valence-corrected chi connectivity index (χ4v) is 3.67. The van der Waals surface area contributed by atoms with Gasteiger partial charge in [-0.15, -0.1) is 0 Å². The van der Waals surface area contributed by atoms with Crippen molar-refractivity contribution in [3.05, 3.63) is 58.6 Å². The topological polar surface area (TPSA) is 64.4 Å². The zero-order chi connectivity index (χ0) is 17.9. The van der Waals surface area contributed by atoms with Gasteiger partial charge in [0.15, 0.2) is 0 Å². The van der Waals surface area contributed by atoms with Crippen LogP contribution in [0, 0.1) is 11.3 Å². The van der Waals surface area contributed by atoms with E-state index in [1.807, 2.05) is 49.3 Å². The van der Waals surface area contributed by atoms with Crippen LogP contribution in [0.2, 0.25) is 5.02 Å². The van der Waals surface area contributed by atoms with Crippen LogP contribution in [0.1, 0.15) is 11.1 Å². The number of anilines is 1. The second-order valence-electron chi connectivity index (χ2n) is 5.57. The molecule has 2 aromatic carbocycles. The molecule has 0 saturated heterocycles. The second kappa shape index (κ2) is 7.22. The largest absolute Gasteiger partial charge is 0.378 e. The first-order valence-electron chi connectivity index (χ1n) is 7.18. The van der Waals surface area contributed by atoms with Crippen LogP contribution in [0.5, 0.6) is 0 Å². The minimum absolute atomic E-state index is 0.0392. The summed E-state index contributed by atoms with van der Waals surface area (Å²) in [5.74, 6) is 0. The summed E-state index contributed by atoms with van der Waals surface area (Å²) in [5, 5.41) is 9.49. The highest BCUT2D eigenvalue weighted by molar-refractivity contribution is 7.89. The van der Waals surface area contributed by atoms with Crippen molar-refractivity contribution in [3.8, 4) is 6.07 Å². The average Bonchev–Trinajstić information content (AvgIpc) is 2.54. The van der Waals surface area contributed by atoms with E-state index in [-0.39, 0.29) is 17.0 Å². The second-order valence-corrected chi connectivity index (χ2v) is 8.02. The van der Waals surface area contributed by atoms with Crippen molar-refractivity contribution in [2.24, 2.45) is 0 Å². The molecule has 0 heterocycles. The third kappa shape index (κ3) is 3.88. The molecule has 2 aromatic rings. The van der Waals surface area contributed by atoms with Gasteiger partial charge >= 0.3 is 0 Å². The first-order chi connectivity index (χ1) is 11.3. The molecule has 0 atom stereocenters. The molecule has 0 spiro atoms. The maximum absolute atomic E-state index is 12.7. The van der Waals surface area contributed by atoms with E-state index < -0.39 is 10.0 Å². The number of nitriles is 1. The van der Waals surface area contributed by atoms with Gasteiger partial charge in [-0.3, -0.25) is 0 Å². The number of rotatable bonds is 5. The van der Waals surface area contributed by atoms with Crippen LogP contribution in [0.4, 0.5) is 5.69 Å². The van der Waals surface area contributed by atoms with Gasteiger partial charge in [-0.25, -0.2) is 8.42 Å². The molecule has 0 bridgehead atoms. The average molecular weight is 364 g/mol. The van der Waals surface area contributed by atoms with Crippen LogP contribution in [0.3, 0.4) is 0 Å². The van der Waals surface area contributed by atoms with Gasteiger partial charge in [-0.1, -0.05) is 23.7 Å². The van der Waals surface area contributed by atoms with Crippen LogP contribution >= 0.6 is 11.6 Å². The third-order valence-corrected chi connectivity index (χ3v) is 5.70. The van der Waals surface area contributed by atoms with Crippen LogP contribution in [-0.4, -0.2) is 33.9 Å². The molecular formula is C17H18ClN3O2S.